The van der Waals surface area contributed by atoms with Crippen LogP contribution in [0.1, 0.15) is 76.3 Å². The summed E-state index contributed by atoms with van der Waals surface area (Å²) in [5.74, 6) is 1.84. The highest BCUT2D eigenvalue weighted by molar-refractivity contribution is 5.99. The van der Waals surface area contributed by atoms with Crippen molar-refractivity contribution >= 4 is 12.6 Å². The van der Waals surface area contributed by atoms with Gasteiger partial charge in [-0.25, -0.2) is 4.99 Å². The second-order valence-electron chi connectivity index (χ2n) is 9.37. The van der Waals surface area contributed by atoms with Gasteiger partial charge >= 0.3 is 0 Å². The Labute approximate surface area is 174 Å². The molecule has 29 heavy (non-hydrogen) atoms. The van der Waals surface area contributed by atoms with Gasteiger partial charge in [0, 0.05) is 41.6 Å². The minimum Gasteiger partial charge on any atom is -0.365 e. The number of piperidine rings is 1. The van der Waals surface area contributed by atoms with Gasteiger partial charge < -0.3 is 10.2 Å². The fraction of sp³-hybridized carbons (Fsp3) is 0.520. The number of hydrogen-bond donors (Lipinski definition) is 1. The van der Waals surface area contributed by atoms with Gasteiger partial charge in [-0.2, -0.15) is 0 Å². The van der Waals surface area contributed by atoms with E-state index in [0.717, 1.165) is 54.9 Å². The summed E-state index contributed by atoms with van der Waals surface area (Å²) in [4.78, 5) is 20.1. The third-order valence-electron chi connectivity index (χ3n) is 6.85. The lowest BCUT2D eigenvalue weighted by molar-refractivity contribution is -0.128. The minimum absolute atomic E-state index is 0.0959. The van der Waals surface area contributed by atoms with Crippen molar-refractivity contribution in [2.45, 2.75) is 70.8 Å². The Morgan fingerprint density at radius 2 is 1.79 bits per heavy atom. The maximum atomic E-state index is 13.8. The SMILES string of the molecule is C=N/C(NC1(C)CC1)=C(\CC)C(C(=O)N1CC2CC(C1)c1ccccc12)=C(C)C. The van der Waals surface area contributed by atoms with E-state index in [9.17, 15) is 4.79 Å². The Kier molecular flexibility index (Phi) is 5.14. The van der Waals surface area contributed by atoms with Crippen molar-refractivity contribution in [2.24, 2.45) is 4.99 Å². The molecule has 0 aromatic heterocycles. The minimum atomic E-state index is 0.0959. The summed E-state index contributed by atoms with van der Waals surface area (Å²) in [5, 5.41) is 3.55. The van der Waals surface area contributed by atoms with Crippen LogP contribution in [-0.2, 0) is 4.79 Å². The van der Waals surface area contributed by atoms with E-state index in [1.54, 1.807) is 0 Å². The first-order chi connectivity index (χ1) is 13.9. The van der Waals surface area contributed by atoms with Crippen LogP contribution in [0.4, 0.5) is 0 Å². The summed E-state index contributed by atoms with van der Waals surface area (Å²) in [7, 11) is 0. The molecule has 2 aliphatic carbocycles. The molecule has 0 spiro atoms. The van der Waals surface area contributed by atoms with Crippen molar-refractivity contribution in [3.63, 3.8) is 0 Å². The van der Waals surface area contributed by atoms with E-state index in [0.29, 0.717) is 11.8 Å². The van der Waals surface area contributed by atoms with Gasteiger partial charge in [0.1, 0.15) is 5.82 Å². The van der Waals surface area contributed by atoms with Gasteiger partial charge in [-0.3, -0.25) is 4.79 Å². The second kappa shape index (κ2) is 7.47. The molecule has 4 nitrogen and oxygen atoms in total. The number of nitrogens with zero attached hydrogens (tertiary/aromatic N) is 2. The number of aliphatic imine (C=N–C) groups is 1. The lowest BCUT2D eigenvalue weighted by Crippen LogP contribution is -2.41. The van der Waals surface area contributed by atoms with E-state index in [1.807, 2.05) is 13.8 Å². The number of carbonyl (C=O) groups excluding carboxylic acids is 1. The summed E-state index contributed by atoms with van der Waals surface area (Å²) in [6.45, 7) is 13.8. The van der Waals surface area contributed by atoms with E-state index in [4.69, 9.17) is 0 Å². The molecule has 1 N–H and O–H groups in total. The van der Waals surface area contributed by atoms with Crippen molar-refractivity contribution < 1.29 is 4.79 Å². The Bertz CT molecular complexity index is 871. The van der Waals surface area contributed by atoms with Gasteiger partial charge in [-0.1, -0.05) is 36.8 Å². The van der Waals surface area contributed by atoms with Crippen LogP contribution in [0.3, 0.4) is 0 Å². The van der Waals surface area contributed by atoms with E-state index in [1.165, 1.54) is 17.5 Å². The molecule has 4 heteroatoms. The van der Waals surface area contributed by atoms with E-state index in [-0.39, 0.29) is 11.4 Å². The molecule has 4 rings (SSSR count). The number of allylic oxidation sites excluding steroid dienone is 1. The maximum Gasteiger partial charge on any atom is 0.254 e. The quantitative estimate of drug-likeness (QED) is 0.426. The van der Waals surface area contributed by atoms with Gasteiger partial charge in [-0.15, -0.1) is 0 Å². The zero-order chi connectivity index (χ0) is 20.8. The molecule has 2 unspecified atom stereocenters. The molecule has 2 bridgehead atoms. The smallest absolute Gasteiger partial charge is 0.254 e. The molecular formula is C25H33N3O. The van der Waals surface area contributed by atoms with Crippen LogP contribution in [0.25, 0.3) is 0 Å². The summed E-state index contributed by atoms with van der Waals surface area (Å²) in [6, 6.07) is 8.73. The second-order valence-corrected chi connectivity index (χ2v) is 9.37. The van der Waals surface area contributed by atoms with Crippen LogP contribution in [0.15, 0.2) is 51.8 Å². The van der Waals surface area contributed by atoms with Crippen molar-refractivity contribution in [1.82, 2.24) is 10.2 Å². The number of rotatable bonds is 6. The first-order valence-corrected chi connectivity index (χ1v) is 10.9. The van der Waals surface area contributed by atoms with Crippen LogP contribution in [0.5, 0.6) is 0 Å². The van der Waals surface area contributed by atoms with Crippen molar-refractivity contribution in [3.8, 4) is 0 Å². The summed E-state index contributed by atoms with van der Waals surface area (Å²) < 4.78 is 0. The number of amides is 1. The van der Waals surface area contributed by atoms with Gasteiger partial charge in [0.25, 0.3) is 5.91 Å². The van der Waals surface area contributed by atoms with Gasteiger partial charge in [-0.05, 0) is 64.3 Å². The average molecular weight is 392 g/mol. The normalized spacial score (nSPS) is 24.3. The van der Waals surface area contributed by atoms with E-state index >= 15 is 0 Å². The molecule has 0 radical (unpaired) electrons. The van der Waals surface area contributed by atoms with Crippen LogP contribution in [0.2, 0.25) is 0 Å². The first-order valence-electron chi connectivity index (χ1n) is 10.9. The molecular weight excluding hydrogens is 358 g/mol. The number of nitrogens with one attached hydrogen (secondary N) is 1. The molecule has 1 saturated carbocycles. The van der Waals surface area contributed by atoms with Crippen molar-refractivity contribution in [3.05, 3.63) is 57.9 Å². The Morgan fingerprint density at radius 3 is 2.24 bits per heavy atom. The number of benzene rings is 1. The largest absolute Gasteiger partial charge is 0.365 e. The Hall–Kier alpha value is -2.36. The number of fused-ring (bicyclic) bond motifs is 5. The fourth-order valence-corrected chi connectivity index (χ4v) is 5.04. The van der Waals surface area contributed by atoms with Crippen LogP contribution in [0, 0.1) is 0 Å². The predicted octanol–water partition coefficient (Wildman–Crippen LogP) is 4.90. The summed E-state index contributed by atoms with van der Waals surface area (Å²) in [6.07, 6.45) is 4.19. The Balaban J connectivity index is 1.64. The fourth-order valence-electron chi connectivity index (χ4n) is 5.04. The van der Waals surface area contributed by atoms with E-state index < -0.39 is 0 Å². The molecule has 1 aromatic rings. The van der Waals surface area contributed by atoms with Gasteiger partial charge in [0.05, 0.1) is 0 Å². The average Bonchev–Trinajstić information content (AvgIpc) is 3.40. The lowest BCUT2D eigenvalue weighted by Gasteiger charge is -2.34. The summed E-state index contributed by atoms with van der Waals surface area (Å²) in [5.41, 5.74) is 5.83. The predicted molar refractivity (Wildman–Crippen MR) is 119 cm³/mol. The van der Waals surface area contributed by atoms with E-state index in [2.05, 4.69) is 60.0 Å². The van der Waals surface area contributed by atoms with Crippen LogP contribution in [-0.4, -0.2) is 36.2 Å². The molecule has 1 heterocycles. The van der Waals surface area contributed by atoms with Crippen molar-refractivity contribution in [2.75, 3.05) is 13.1 Å². The highest BCUT2D eigenvalue weighted by atomic mass is 16.2. The lowest BCUT2D eigenvalue weighted by atomic mass is 9.92. The third kappa shape index (κ3) is 3.65. The third-order valence-corrected chi connectivity index (χ3v) is 6.85. The standard InChI is InChI=1S/C25H33N3O/c1-6-19(23(26-5)27-25(4)11-12-25)22(16(2)3)24(29)28-14-17-13-18(15-28)21-10-8-7-9-20(17)21/h7-10,17-18,27H,5-6,11-15H2,1-4H3/b23-19-. The highest BCUT2D eigenvalue weighted by Crippen LogP contribution is 2.46. The molecule has 1 aromatic carbocycles. The van der Waals surface area contributed by atoms with Crippen LogP contribution >= 0.6 is 0 Å². The van der Waals surface area contributed by atoms with Gasteiger partial charge in [0.15, 0.2) is 0 Å². The summed E-state index contributed by atoms with van der Waals surface area (Å²) >= 11 is 0. The van der Waals surface area contributed by atoms with Crippen LogP contribution < -0.4 is 5.32 Å². The number of hydrogen-bond acceptors (Lipinski definition) is 3. The topological polar surface area (TPSA) is 44.7 Å². The molecule has 3 aliphatic rings. The molecule has 2 fully saturated rings. The Morgan fingerprint density at radius 1 is 1.21 bits per heavy atom. The molecule has 1 saturated heterocycles. The van der Waals surface area contributed by atoms with Crippen molar-refractivity contribution in [1.29, 1.82) is 0 Å². The number of carbonyl (C=O) groups is 1. The first kappa shape index (κ1) is 19.9. The number of likely N-dealkylation sites (tertiary alicyclic amines) is 1. The molecule has 1 amide bonds. The maximum absolute atomic E-state index is 13.8. The molecule has 154 valence electrons. The zero-order valence-electron chi connectivity index (χ0n) is 18.2. The zero-order valence-corrected chi connectivity index (χ0v) is 18.2. The highest BCUT2D eigenvalue weighted by Gasteiger charge is 2.41. The molecule has 1 aliphatic heterocycles. The van der Waals surface area contributed by atoms with Gasteiger partial charge in [0.2, 0.25) is 0 Å². The monoisotopic (exact) mass is 391 g/mol. The molecule has 2 atom stereocenters.